The normalized spacial score (nSPS) is 9.13. The van der Waals surface area contributed by atoms with E-state index in [1.807, 2.05) is 6.07 Å². The van der Waals surface area contributed by atoms with Crippen LogP contribution >= 0.6 is 0 Å². The van der Waals surface area contributed by atoms with E-state index < -0.39 is 0 Å². The van der Waals surface area contributed by atoms with Gasteiger partial charge < -0.3 is 9.64 Å². The number of nitrogens with zero attached hydrogens (tertiary/aromatic N) is 3. The summed E-state index contributed by atoms with van der Waals surface area (Å²) < 4.78 is 5.12. The molecule has 0 N–H and O–H groups in total. The molecule has 0 spiro atoms. The lowest BCUT2D eigenvalue weighted by atomic mass is 10.4. The molecule has 1 aromatic rings. The number of amides is 1. The quantitative estimate of drug-likeness (QED) is 0.717. The van der Waals surface area contributed by atoms with Gasteiger partial charge in [0.25, 0.3) is 5.91 Å². The van der Waals surface area contributed by atoms with Gasteiger partial charge in [0.2, 0.25) is 5.88 Å². The molecule has 1 rings (SSSR count). The van der Waals surface area contributed by atoms with Crippen LogP contribution in [0.2, 0.25) is 0 Å². The highest BCUT2D eigenvalue weighted by Crippen LogP contribution is 2.06. The van der Waals surface area contributed by atoms with Gasteiger partial charge in [-0.3, -0.25) is 4.79 Å². The summed E-state index contributed by atoms with van der Waals surface area (Å²) in [6.07, 6.45) is 0. The van der Waals surface area contributed by atoms with Gasteiger partial charge >= 0.3 is 0 Å². The third kappa shape index (κ3) is 3.27. The molecule has 0 aliphatic heterocycles. The van der Waals surface area contributed by atoms with Crippen LogP contribution in [0.15, 0.2) is 18.2 Å². The predicted octanol–water partition coefficient (Wildman–Crippen LogP) is 0.420. The van der Waals surface area contributed by atoms with Gasteiger partial charge in [-0.25, -0.2) is 4.98 Å². The molecule has 0 saturated carbocycles. The van der Waals surface area contributed by atoms with E-state index in [-0.39, 0.29) is 24.1 Å². The molecular weight excluding hydrogens is 194 g/mol. The molecule has 1 heterocycles. The van der Waals surface area contributed by atoms with Crippen molar-refractivity contribution in [3.05, 3.63) is 23.9 Å². The molecule has 1 amide bonds. The molecule has 0 bridgehead atoms. The van der Waals surface area contributed by atoms with Gasteiger partial charge in [0.05, 0.1) is 0 Å². The Morgan fingerprint density at radius 3 is 2.93 bits per heavy atom. The molecule has 1 aromatic heterocycles. The molecule has 0 fully saturated rings. The zero-order chi connectivity index (χ0) is 11.3. The average Bonchev–Trinajstić information content (AvgIpc) is 2.26. The van der Waals surface area contributed by atoms with E-state index in [9.17, 15) is 4.79 Å². The maximum absolute atomic E-state index is 11.2. The topological polar surface area (TPSA) is 66.2 Å². The SMILES string of the molecule is CN(C)C(=O)COc1cccc(C#N)n1. The van der Waals surface area contributed by atoms with Crippen molar-refractivity contribution in [2.24, 2.45) is 0 Å². The monoisotopic (exact) mass is 205 g/mol. The molecule has 78 valence electrons. The summed E-state index contributed by atoms with van der Waals surface area (Å²) in [6, 6.07) is 6.72. The molecule has 5 nitrogen and oxygen atoms in total. The number of nitriles is 1. The summed E-state index contributed by atoms with van der Waals surface area (Å²) in [5.41, 5.74) is 0.268. The van der Waals surface area contributed by atoms with Crippen LogP contribution in [0.4, 0.5) is 0 Å². The highest BCUT2D eigenvalue weighted by molar-refractivity contribution is 5.77. The van der Waals surface area contributed by atoms with E-state index in [0.29, 0.717) is 0 Å². The number of carbonyl (C=O) groups excluding carboxylic acids is 1. The van der Waals surface area contributed by atoms with E-state index in [2.05, 4.69) is 4.98 Å². The Labute approximate surface area is 87.9 Å². The fourth-order valence-electron chi connectivity index (χ4n) is 0.822. The van der Waals surface area contributed by atoms with Crippen molar-refractivity contribution in [2.45, 2.75) is 0 Å². The van der Waals surface area contributed by atoms with Crippen LogP contribution in [0.5, 0.6) is 5.88 Å². The van der Waals surface area contributed by atoms with Gasteiger partial charge in [0.15, 0.2) is 6.61 Å². The fraction of sp³-hybridized carbons (Fsp3) is 0.300. The van der Waals surface area contributed by atoms with E-state index in [0.717, 1.165) is 0 Å². The third-order valence-corrected chi connectivity index (χ3v) is 1.68. The summed E-state index contributed by atoms with van der Waals surface area (Å²) in [5, 5.41) is 8.58. The highest BCUT2D eigenvalue weighted by atomic mass is 16.5. The number of aromatic nitrogens is 1. The van der Waals surface area contributed by atoms with E-state index in [1.54, 1.807) is 32.3 Å². The van der Waals surface area contributed by atoms with Crippen LogP contribution < -0.4 is 4.74 Å². The molecule has 0 aliphatic rings. The summed E-state index contributed by atoms with van der Waals surface area (Å²) in [5.74, 6) is 0.128. The molecule has 5 heteroatoms. The van der Waals surface area contributed by atoms with Gasteiger partial charge in [-0.15, -0.1) is 0 Å². The highest BCUT2D eigenvalue weighted by Gasteiger charge is 2.05. The minimum absolute atomic E-state index is 0.0745. The van der Waals surface area contributed by atoms with Crippen molar-refractivity contribution >= 4 is 5.91 Å². The van der Waals surface area contributed by atoms with E-state index in [1.165, 1.54) is 4.90 Å². The number of carbonyl (C=O) groups is 1. The number of likely N-dealkylation sites (N-methyl/N-ethyl adjacent to an activating group) is 1. The minimum atomic E-state index is -0.154. The van der Waals surface area contributed by atoms with Crippen LogP contribution in [0.3, 0.4) is 0 Å². The van der Waals surface area contributed by atoms with Crippen molar-refractivity contribution in [3.63, 3.8) is 0 Å². The molecular formula is C10H11N3O2. The van der Waals surface area contributed by atoms with Crippen molar-refractivity contribution < 1.29 is 9.53 Å². The Kier molecular flexibility index (Phi) is 3.63. The number of hydrogen-bond acceptors (Lipinski definition) is 4. The second-order valence-electron chi connectivity index (χ2n) is 3.05. The summed E-state index contributed by atoms with van der Waals surface area (Å²) >= 11 is 0. The Morgan fingerprint density at radius 2 is 2.33 bits per heavy atom. The summed E-state index contributed by atoms with van der Waals surface area (Å²) in [7, 11) is 3.29. The van der Waals surface area contributed by atoms with Crippen molar-refractivity contribution in [1.82, 2.24) is 9.88 Å². The lowest BCUT2D eigenvalue weighted by Gasteiger charge is -2.10. The Hall–Kier alpha value is -2.09. The van der Waals surface area contributed by atoms with Crippen molar-refractivity contribution in [2.75, 3.05) is 20.7 Å². The average molecular weight is 205 g/mol. The van der Waals surface area contributed by atoms with Gasteiger partial charge in [0.1, 0.15) is 11.8 Å². The maximum Gasteiger partial charge on any atom is 0.260 e. The molecule has 0 saturated heterocycles. The zero-order valence-corrected chi connectivity index (χ0v) is 8.60. The summed E-state index contributed by atoms with van der Waals surface area (Å²) in [6.45, 7) is -0.0745. The molecule has 0 radical (unpaired) electrons. The molecule has 0 aliphatic carbocycles. The molecule has 0 aromatic carbocycles. The second-order valence-corrected chi connectivity index (χ2v) is 3.05. The molecule has 0 unspecified atom stereocenters. The number of ether oxygens (including phenoxy) is 1. The largest absolute Gasteiger partial charge is 0.468 e. The zero-order valence-electron chi connectivity index (χ0n) is 8.60. The predicted molar refractivity (Wildman–Crippen MR) is 53.1 cm³/mol. The first-order valence-electron chi connectivity index (χ1n) is 4.33. The Morgan fingerprint density at radius 1 is 1.60 bits per heavy atom. The summed E-state index contributed by atoms with van der Waals surface area (Å²) in [4.78, 5) is 16.5. The van der Waals surface area contributed by atoms with Gasteiger partial charge in [-0.1, -0.05) is 6.07 Å². The molecule has 15 heavy (non-hydrogen) atoms. The van der Waals surface area contributed by atoms with Crippen LogP contribution in [0, 0.1) is 11.3 Å². The fourth-order valence-corrected chi connectivity index (χ4v) is 0.822. The van der Waals surface area contributed by atoms with Gasteiger partial charge in [0, 0.05) is 20.2 Å². The van der Waals surface area contributed by atoms with Crippen LogP contribution in [-0.2, 0) is 4.79 Å². The lowest BCUT2D eigenvalue weighted by molar-refractivity contribution is -0.130. The Balaban J connectivity index is 2.59. The Bertz CT molecular complexity index is 396. The number of pyridine rings is 1. The number of rotatable bonds is 3. The van der Waals surface area contributed by atoms with E-state index >= 15 is 0 Å². The van der Waals surface area contributed by atoms with Crippen molar-refractivity contribution in [1.29, 1.82) is 5.26 Å². The lowest BCUT2D eigenvalue weighted by Crippen LogP contribution is -2.27. The molecule has 0 atom stereocenters. The third-order valence-electron chi connectivity index (χ3n) is 1.68. The minimum Gasteiger partial charge on any atom is -0.468 e. The smallest absolute Gasteiger partial charge is 0.260 e. The number of hydrogen-bond donors (Lipinski definition) is 0. The first-order chi connectivity index (χ1) is 7.13. The maximum atomic E-state index is 11.2. The first kappa shape index (κ1) is 11.0. The van der Waals surface area contributed by atoms with Gasteiger partial charge in [-0.05, 0) is 6.07 Å². The van der Waals surface area contributed by atoms with Crippen LogP contribution in [0.1, 0.15) is 5.69 Å². The van der Waals surface area contributed by atoms with Gasteiger partial charge in [-0.2, -0.15) is 5.26 Å². The second kappa shape index (κ2) is 4.96. The van der Waals surface area contributed by atoms with Crippen LogP contribution in [-0.4, -0.2) is 36.5 Å². The van der Waals surface area contributed by atoms with E-state index in [4.69, 9.17) is 10.00 Å². The standard InChI is InChI=1S/C10H11N3O2/c1-13(2)10(14)7-15-9-5-3-4-8(6-11)12-9/h3-5H,7H2,1-2H3. The van der Waals surface area contributed by atoms with Crippen molar-refractivity contribution in [3.8, 4) is 11.9 Å². The first-order valence-corrected chi connectivity index (χ1v) is 4.33. The van der Waals surface area contributed by atoms with Crippen LogP contribution in [0.25, 0.3) is 0 Å².